The second-order valence-corrected chi connectivity index (χ2v) is 5.95. The van der Waals surface area contributed by atoms with Crippen molar-refractivity contribution in [2.45, 2.75) is 45.6 Å². The first kappa shape index (κ1) is 16.1. The van der Waals surface area contributed by atoms with Gasteiger partial charge < -0.3 is 5.11 Å². The van der Waals surface area contributed by atoms with Gasteiger partial charge in [-0.2, -0.15) is 0 Å². The minimum atomic E-state index is 0.138. The summed E-state index contributed by atoms with van der Waals surface area (Å²) < 4.78 is 0. The van der Waals surface area contributed by atoms with E-state index in [-0.39, 0.29) is 6.61 Å². The lowest BCUT2D eigenvalue weighted by atomic mass is 9.98. The number of rotatable bonds is 4. The molecule has 1 aliphatic heterocycles. The van der Waals surface area contributed by atoms with Crippen LogP contribution in [0.1, 0.15) is 50.2 Å². The van der Waals surface area contributed by atoms with Crippen LogP contribution in [0.5, 0.6) is 0 Å². The summed E-state index contributed by atoms with van der Waals surface area (Å²) in [5, 5.41) is 8.72. The van der Waals surface area contributed by atoms with E-state index in [1.165, 1.54) is 44.3 Å². The molecule has 1 N–H and O–H groups in total. The minimum absolute atomic E-state index is 0.138. The molecular weight excluding hydrogens is 258 g/mol. The van der Waals surface area contributed by atoms with Gasteiger partial charge in [-0.1, -0.05) is 37.3 Å². The summed E-state index contributed by atoms with van der Waals surface area (Å²) in [5.74, 6) is 6.97. The zero-order valence-electron chi connectivity index (χ0n) is 13.1. The molecule has 2 heteroatoms. The van der Waals surface area contributed by atoms with E-state index < -0.39 is 0 Å². The molecule has 1 atom stereocenters. The van der Waals surface area contributed by atoms with Crippen molar-refractivity contribution in [1.82, 2.24) is 4.90 Å². The van der Waals surface area contributed by atoms with Gasteiger partial charge in [0.05, 0.1) is 6.61 Å². The molecule has 0 saturated carbocycles. The quantitative estimate of drug-likeness (QED) is 0.857. The maximum Gasteiger partial charge on any atom is 0.0540 e. The Hall–Kier alpha value is -1.30. The highest BCUT2D eigenvalue weighted by Gasteiger charge is 2.15. The molecule has 1 aliphatic rings. The van der Waals surface area contributed by atoms with Crippen LogP contribution < -0.4 is 0 Å². The average molecular weight is 285 g/mol. The summed E-state index contributed by atoms with van der Waals surface area (Å²) in [5.41, 5.74) is 2.41. The molecule has 1 fully saturated rings. The maximum atomic E-state index is 8.72. The Morgan fingerprint density at radius 1 is 1.19 bits per heavy atom. The maximum absolute atomic E-state index is 8.72. The lowest BCUT2D eigenvalue weighted by molar-refractivity contribution is 0.272. The van der Waals surface area contributed by atoms with Crippen LogP contribution >= 0.6 is 0 Å². The van der Waals surface area contributed by atoms with Gasteiger partial charge in [0.25, 0.3) is 0 Å². The van der Waals surface area contributed by atoms with Crippen LogP contribution in [0.3, 0.4) is 0 Å². The molecule has 0 bridgehead atoms. The Morgan fingerprint density at radius 3 is 2.71 bits per heavy atom. The fourth-order valence-electron chi connectivity index (χ4n) is 2.96. The second-order valence-electron chi connectivity index (χ2n) is 5.95. The topological polar surface area (TPSA) is 23.5 Å². The molecule has 1 heterocycles. The summed E-state index contributed by atoms with van der Waals surface area (Å²) in [6.07, 6.45) is 5.96. The summed E-state index contributed by atoms with van der Waals surface area (Å²) in [7, 11) is 0. The molecule has 1 saturated heterocycles. The molecule has 2 rings (SSSR count). The Morgan fingerprint density at radius 2 is 2.00 bits per heavy atom. The van der Waals surface area contributed by atoms with Crippen molar-refractivity contribution in [2.75, 3.05) is 19.7 Å². The standard InChI is InChI=1S/C19H27NO/c1-2-17-7-5-13-20(14-12-17)16-19-10-8-18(9-11-19)6-3-4-15-21/h8-11,17,21H,2,4-5,7,12-16H2,1H3. The number of nitrogens with zero attached hydrogens (tertiary/aromatic N) is 1. The van der Waals surface area contributed by atoms with Gasteiger partial charge in [-0.15, -0.1) is 0 Å². The Bertz CT molecular complexity index is 469. The van der Waals surface area contributed by atoms with Gasteiger partial charge in [-0.05, 0) is 56.0 Å². The van der Waals surface area contributed by atoms with Crippen molar-refractivity contribution < 1.29 is 5.11 Å². The lowest BCUT2D eigenvalue weighted by Crippen LogP contribution is -2.24. The van der Waals surface area contributed by atoms with Crippen LogP contribution in [0.2, 0.25) is 0 Å². The number of hydrogen-bond donors (Lipinski definition) is 1. The van der Waals surface area contributed by atoms with Gasteiger partial charge in [0.15, 0.2) is 0 Å². The molecular formula is C19H27NO. The van der Waals surface area contributed by atoms with Crippen molar-refractivity contribution >= 4 is 0 Å². The van der Waals surface area contributed by atoms with E-state index in [4.69, 9.17) is 5.11 Å². The monoisotopic (exact) mass is 285 g/mol. The van der Waals surface area contributed by atoms with E-state index >= 15 is 0 Å². The van der Waals surface area contributed by atoms with Crippen LogP contribution in [0, 0.1) is 17.8 Å². The highest BCUT2D eigenvalue weighted by atomic mass is 16.2. The van der Waals surface area contributed by atoms with Gasteiger partial charge in [0.1, 0.15) is 0 Å². The molecule has 0 spiro atoms. The second kappa shape index (κ2) is 8.87. The third kappa shape index (κ3) is 5.53. The fourth-order valence-corrected chi connectivity index (χ4v) is 2.96. The van der Waals surface area contributed by atoms with Crippen LogP contribution in [-0.2, 0) is 6.54 Å². The number of benzene rings is 1. The largest absolute Gasteiger partial charge is 0.395 e. The van der Waals surface area contributed by atoms with E-state index in [1.54, 1.807) is 0 Å². The van der Waals surface area contributed by atoms with E-state index in [1.807, 2.05) is 0 Å². The number of likely N-dealkylation sites (tertiary alicyclic amines) is 1. The Labute approximate surface area is 129 Å². The van der Waals surface area contributed by atoms with Crippen molar-refractivity contribution in [3.05, 3.63) is 35.4 Å². The molecule has 1 aromatic carbocycles. The highest BCUT2D eigenvalue weighted by Crippen LogP contribution is 2.21. The highest BCUT2D eigenvalue weighted by molar-refractivity contribution is 5.36. The Kier molecular flexibility index (Phi) is 6.79. The molecule has 0 aliphatic carbocycles. The van der Waals surface area contributed by atoms with Crippen LogP contribution in [-0.4, -0.2) is 29.7 Å². The van der Waals surface area contributed by atoms with Gasteiger partial charge in [-0.3, -0.25) is 4.90 Å². The Balaban J connectivity index is 1.87. The average Bonchev–Trinajstić information content (AvgIpc) is 2.74. The van der Waals surface area contributed by atoms with E-state index in [0.29, 0.717) is 6.42 Å². The molecule has 1 unspecified atom stereocenters. The van der Waals surface area contributed by atoms with Gasteiger partial charge in [-0.25, -0.2) is 0 Å². The minimum Gasteiger partial charge on any atom is -0.395 e. The molecule has 114 valence electrons. The van der Waals surface area contributed by atoms with Gasteiger partial charge >= 0.3 is 0 Å². The van der Waals surface area contributed by atoms with E-state index in [2.05, 4.69) is 47.9 Å². The summed E-state index contributed by atoms with van der Waals surface area (Å²) in [6, 6.07) is 8.55. The predicted molar refractivity (Wildman–Crippen MR) is 87.9 cm³/mol. The van der Waals surface area contributed by atoms with Crippen molar-refractivity contribution in [3.63, 3.8) is 0 Å². The first-order chi connectivity index (χ1) is 10.3. The van der Waals surface area contributed by atoms with Crippen molar-refractivity contribution in [3.8, 4) is 11.8 Å². The molecule has 21 heavy (non-hydrogen) atoms. The summed E-state index contributed by atoms with van der Waals surface area (Å²) >= 11 is 0. The third-order valence-corrected chi connectivity index (χ3v) is 4.35. The van der Waals surface area contributed by atoms with Crippen molar-refractivity contribution in [2.24, 2.45) is 5.92 Å². The normalized spacial score (nSPS) is 19.6. The van der Waals surface area contributed by atoms with Crippen LogP contribution in [0.15, 0.2) is 24.3 Å². The van der Waals surface area contributed by atoms with Crippen molar-refractivity contribution in [1.29, 1.82) is 0 Å². The fraction of sp³-hybridized carbons (Fsp3) is 0.579. The molecule has 2 nitrogen and oxygen atoms in total. The number of aliphatic hydroxyl groups excluding tert-OH is 1. The predicted octanol–water partition coefficient (Wildman–Crippen LogP) is 3.43. The van der Waals surface area contributed by atoms with Crippen LogP contribution in [0.25, 0.3) is 0 Å². The number of aliphatic hydroxyl groups is 1. The first-order valence-electron chi connectivity index (χ1n) is 8.23. The number of hydrogen-bond acceptors (Lipinski definition) is 2. The third-order valence-electron chi connectivity index (χ3n) is 4.35. The summed E-state index contributed by atoms with van der Waals surface area (Å²) in [6.45, 7) is 5.97. The summed E-state index contributed by atoms with van der Waals surface area (Å²) in [4.78, 5) is 2.59. The zero-order chi connectivity index (χ0) is 14.9. The smallest absolute Gasteiger partial charge is 0.0540 e. The molecule has 0 aromatic heterocycles. The molecule has 0 radical (unpaired) electrons. The SMILES string of the molecule is CCC1CCCN(Cc2ccc(C#CCCO)cc2)CC1. The lowest BCUT2D eigenvalue weighted by Gasteiger charge is -2.20. The van der Waals surface area contributed by atoms with E-state index in [0.717, 1.165) is 18.0 Å². The van der Waals surface area contributed by atoms with Gasteiger partial charge in [0, 0.05) is 18.5 Å². The molecule has 0 amide bonds. The zero-order valence-corrected chi connectivity index (χ0v) is 13.1. The van der Waals surface area contributed by atoms with Crippen LogP contribution in [0.4, 0.5) is 0 Å². The van der Waals surface area contributed by atoms with Gasteiger partial charge in [0.2, 0.25) is 0 Å². The van der Waals surface area contributed by atoms with E-state index in [9.17, 15) is 0 Å². The molecule has 1 aromatic rings. The first-order valence-corrected chi connectivity index (χ1v) is 8.23.